The third kappa shape index (κ3) is 4.66. The number of alkyl halides is 3. The van der Waals surface area contributed by atoms with Gasteiger partial charge in [-0.25, -0.2) is 4.98 Å². The summed E-state index contributed by atoms with van der Waals surface area (Å²) in [5.41, 5.74) is 2.33. The van der Waals surface area contributed by atoms with Gasteiger partial charge in [0.25, 0.3) is 11.8 Å². The van der Waals surface area contributed by atoms with Crippen LogP contribution in [0.25, 0.3) is 11.0 Å². The fraction of sp³-hybridized carbons (Fsp3) is 0.231. The van der Waals surface area contributed by atoms with Crippen LogP contribution < -0.4 is 10.6 Å². The first-order chi connectivity index (χ1) is 17.1. The molecule has 1 aliphatic rings. The summed E-state index contributed by atoms with van der Waals surface area (Å²) < 4.78 is 40.6. The fourth-order valence-corrected chi connectivity index (χ4v) is 4.14. The summed E-state index contributed by atoms with van der Waals surface area (Å²) in [5, 5.41) is 10.4. The second-order valence-electron chi connectivity index (χ2n) is 8.84. The van der Waals surface area contributed by atoms with E-state index in [1.165, 1.54) is 24.3 Å². The predicted octanol–water partition coefficient (Wildman–Crippen LogP) is 5.68. The van der Waals surface area contributed by atoms with Gasteiger partial charge in [0, 0.05) is 35.6 Å². The first kappa shape index (κ1) is 23.5. The minimum Gasteiger partial charge on any atom is -0.322 e. The van der Waals surface area contributed by atoms with E-state index in [-0.39, 0.29) is 17.2 Å². The number of halogens is 3. The lowest BCUT2D eigenvalue weighted by Gasteiger charge is -2.11. The van der Waals surface area contributed by atoms with Gasteiger partial charge in [-0.2, -0.15) is 18.3 Å². The van der Waals surface area contributed by atoms with E-state index in [0.717, 1.165) is 30.7 Å². The van der Waals surface area contributed by atoms with Gasteiger partial charge in [-0.3, -0.25) is 14.3 Å². The number of nitrogens with one attached hydrogen (secondary N) is 2. The number of nitrogens with zero attached hydrogens (tertiary/aromatic N) is 3. The van der Waals surface area contributed by atoms with Crippen LogP contribution in [-0.2, 0) is 13.2 Å². The van der Waals surface area contributed by atoms with E-state index in [1.807, 2.05) is 6.92 Å². The van der Waals surface area contributed by atoms with Gasteiger partial charge in [0.2, 0.25) is 0 Å². The molecule has 1 fully saturated rings. The van der Waals surface area contributed by atoms with Crippen molar-refractivity contribution in [3.05, 3.63) is 82.7 Å². The molecule has 2 aromatic heterocycles. The Hall–Kier alpha value is -4.21. The number of aryl methyl sites for hydroxylation is 2. The number of fused-ring (bicyclic) bond motifs is 1. The number of benzene rings is 2. The van der Waals surface area contributed by atoms with E-state index < -0.39 is 17.6 Å². The van der Waals surface area contributed by atoms with E-state index in [9.17, 15) is 22.8 Å². The lowest BCUT2D eigenvalue weighted by Crippen LogP contribution is -2.16. The highest BCUT2D eigenvalue weighted by Gasteiger charge is 2.31. The monoisotopic (exact) mass is 493 g/mol. The first-order valence-electron chi connectivity index (χ1n) is 11.3. The lowest BCUT2D eigenvalue weighted by molar-refractivity contribution is -0.137. The molecule has 2 heterocycles. The maximum Gasteiger partial charge on any atom is 0.416 e. The van der Waals surface area contributed by atoms with Crippen molar-refractivity contribution in [1.29, 1.82) is 0 Å². The second-order valence-corrected chi connectivity index (χ2v) is 8.84. The summed E-state index contributed by atoms with van der Waals surface area (Å²) in [6, 6.07) is 12.4. The van der Waals surface area contributed by atoms with Crippen LogP contribution in [0.4, 0.5) is 24.5 Å². The number of carbonyl (C=O) groups is 2. The van der Waals surface area contributed by atoms with Gasteiger partial charge in [-0.05, 0) is 62.2 Å². The highest BCUT2D eigenvalue weighted by molar-refractivity contribution is 6.13. The summed E-state index contributed by atoms with van der Waals surface area (Å²) in [4.78, 5) is 30.7. The minimum absolute atomic E-state index is 0.0168. The third-order valence-corrected chi connectivity index (χ3v) is 6.06. The number of hydrogen-bond donors (Lipinski definition) is 2. The molecule has 0 bridgehead atoms. The SMILES string of the molecule is Cc1nn(C)c2nc(C3CC3)cc(C(=O)Nc3cccc(C(=O)Nc4cccc(C(F)(F)F)c4)c3)c12. The molecule has 5 rings (SSSR count). The number of anilines is 2. The molecule has 2 aromatic carbocycles. The number of carbonyl (C=O) groups excluding carboxylic acids is 2. The maximum atomic E-state index is 13.3. The zero-order valence-electron chi connectivity index (χ0n) is 19.5. The van der Waals surface area contributed by atoms with Gasteiger partial charge in [0.1, 0.15) is 0 Å². The summed E-state index contributed by atoms with van der Waals surface area (Å²) in [7, 11) is 1.78. The average Bonchev–Trinajstić information content (AvgIpc) is 3.64. The van der Waals surface area contributed by atoms with Crippen molar-refractivity contribution in [3.8, 4) is 0 Å². The largest absolute Gasteiger partial charge is 0.416 e. The van der Waals surface area contributed by atoms with Crippen LogP contribution in [0, 0.1) is 6.92 Å². The second kappa shape index (κ2) is 8.78. The van der Waals surface area contributed by atoms with Crippen LogP contribution in [-0.4, -0.2) is 26.6 Å². The minimum atomic E-state index is -4.52. The van der Waals surface area contributed by atoms with Crippen LogP contribution in [0.1, 0.15) is 56.4 Å². The van der Waals surface area contributed by atoms with Crippen molar-refractivity contribution in [1.82, 2.24) is 14.8 Å². The molecule has 4 aromatic rings. The summed E-state index contributed by atoms with van der Waals surface area (Å²) in [6.45, 7) is 1.82. The molecule has 36 heavy (non-hydrogen) atoms. The Labute approximate surface area is 204 Å². The van der Waals surface area contributed by atoms with Crippen molar-refractivity contribution in [2.45, 2.75) is 31.9 Å². The Bertz CT molecular complexity index is 1510. The van der Waals surface area contributed by atoms with E-state index in [1.54, 1.807) is 29.9 Å². The summed E-state index contributed by atoms with van der Waals surface area (Å²) in [5.74, 6) is -0.634. The molecule has 2 N–H and O–H groups in total. The van der Waals surface area contributed by atoms with E-state index in [2.05, 4.69) is 15.7 Å². The molecular formula is C26H22F3N5O2. The third-order valence-electron chi connectivity index (χ3n) is 6.06. The molecule has 10 heteroatoms. The molecular weight excluding hydrogens is 471 g/mol. The van der Waals surface area contributed by atoms with Crippen molar-refractivity contribution >= 4 is 34.2 Å². The van der Waals surface area contributed by atoms with E-state index in [0.29, 0.717) is 33.9 Å². The zero-order chi connectivity index (χ0) is 25.6. The average molecular weight is 493 g/mol. The molecule has 0 radical (unpaired) electrons. The van der Waals surface area contributed by atoms with Gasteiger partial charge in [-0.15, -0.1) is 0 Å². The van der Waals surface area contributed by atoms with Crippen molar-refractivity contribution < 1.29 is 22.8 Å². The van der Waals surface area contributed by atoms with E-state index >= 15 is 0 Å². The normalized spacial score (nSPS) is 13.6. The van der Waals surface area contributed by atoms with Gasteiger partial charge in [0.05, 0.1) is 22.2 Å². The number of pyridine rings is 1. The summed E-state index contributed by atoms with van der Waals surface area (Å²) in [6.07, 6.45) is -2.46. The van der Waals surface area contributed by atoms with Crippen LogP contribution in [0.15, 0.2) is 54.6 Å². The van der Waals surface area contributed by atoms with Crippen LogP contribution in [0.5, 0.6) is 0 Å². The molecule has 0 saturated heterocycles. The van der Waals surface area contributed by atoms with Crippen molar-refractivity contribution in [3.63, 3.8) is 0 Å². The van der Waals surface area contributed by atoms with Gasteiger partial charge >= 0.3 is 6.18 Å². The van der Waals surface area contributed by atoms with Gasteiger partial charge < -0.3 is 10.6 Å². The molecule has 1 aliphatic carbocycles. The van der Waals surface area contributed by atoms with Gasteiger partial charge in [-0.1, -0.05) is 12.1 Å². The predicted molar refractivity (Wildman–Crippen MR) is 129 cm³/mol. The molecule has 0 aliphatic heterocycles. The molecule has 0 unspecified atom stereocenters. The zero-order valence-corrected chi connectivity index (χ0v) is 19.5. The van der Waals surface area contributed by atoms with Crippen LogP contribution >= 0.6 is 0 Å². The number of rotatable bonds is 5. The Morgan fingerprint density at radius 1 is 0.972 bits per heavy atom. The topological polar surface area (TPSA) is 88.9 Å². The number of aromatic nitrogens is 3. The lowest BCUT2D eigenvalue weighted by atomic mass is 10.1. The van der Waals surface area contributed by atoms with Gasteiger partial charge in [0.15, 0.2) is 5.65 Å². The molecule has 184 valence electrons. The van der Waals surface area contributed by atoms with Crippen molar-refractivity contribution in [2.75, 3.05) is 10.6 Å². The smallest absolute Gasteiger partial charge is 0.322 e. The molecule has 7 nitrogen and oxygen atoms in total. The molecule has 1 saturated carbocycles. The van der Waals surface area contributed by atoms with Crippen LogP contribution in [0.2, 0.25) is 0 Å². The molecule has 0 atom stereocenters. The first-order valence-corrected chi connectivity index (χ1v) is 11.3. The number of hydrogen-bond acceptors (Lipinski definition) is 4. The fourth-order valence-electron chi connectivity index (χ4n) is 4.14. The quantitative estimate of drug-likeness (QED) is 0.375. The molecule has 2 amide bonds. The Kier molecular flexibility index (Phi) is 5.74. The maximum absolute atomic E-state index is 13.3. The Morgan fingerprint density at radius 3 is 2.33 bits per heavy atom. The Morgan fingerprint density at radius 2 is 1.64 bits per heavy atom. The standard InChI is InChI=1S/C26H22F3N5O2/c1-14-22-20(13-21(15-9-10-15)32-23(22)34(2)33-14)25(36)31-18-7-3-5-16(11-18)24(35)30-19-8-4-6-17(12-19)26(27,28)29/h3-8,11-13,15H,9-10H2,1-2H3,(H,30,35)(H,31,36). The van der Waals surface area contributed by atoms with Crippen LogP contribution in [0.3, 0.4) is 0 Å². The summed E-state index contributed by atoms with van der Waals surface area (Å²) >= 11 is 0. The van der Waals surface area contributed by atoms with E-state index in [4.69, 9.17) is 4.98 Å². The highest BCUT2D eigenvalue weighted by atomic mass is 19.4. The Balaban J connectivity index is 1.39. The molecule has 0 spiro atoms. The highest BCUT2D eigenvalue weighted by Crippen LogP contribution is 2.40. The number of amides is 2. The van der Waals surface area contributed by atoms with Crippen molar-refractivity contribution in [2.24, 2.45) is 7.05 Å².